The predicted molar refractivity (Wildman–Crippen MR) is 99.9 cm³/mol. The molecule has 0 aromatic rings. The van der Waals surface area contributed by atoms with Crippen molar-refractivity contribution < 1.29 is 37.6 Å². The zero-order valence-electron chi connectivity index (χ0n) is 16.4. The van der Waals surface area contributed by atoms with E-state index in [1.54, 1.807) is 0 Å². The minimum absolute atomic E-state index is 0.0543. The third kappa shape index (κ3) is 15.7. The van der Waals surface area contributed by atoms with Crippen molar-refractivity contribution in [3.05, 3.63) is 0 Å². The zero-order chi connectivity index (χ0) is 20.5. The Hall–Kier alpha value is -0.990. The van der Waals surface area contributed by atoms with Crippen molar-refractivity contribution in [2.24, 2.45) is 5.73 Å². The van der Waals surface area contributed by atoms with E-state index in [0.29, 0.717) is 6.42 Å². The summed E-state index contributed by atoms with van der Waals surface area (Å²) in [5, 5.41) is 0. The number of phosphoric ester groups is 1. The smallest absolute Gasteiger partial charge is 0.462 e. The van der Waals surface area contributed by atoms with E-state index in [-0.39, 0.29) is 32.6 Å². The molecule has 0 amide bonds. The van der Waals surface area contributed by atoms with Crippen LogP contribution in [0.2, 0.25) is 0 Å². The molecule has 27 heavy (non-hydrogen) atoms. The van der Waals surface area contributed by atoms with Crippen molar-refractivity contribution in [1.29, 1.82) is 0 Å². The summed E-state index contributed by atoms with van der Waals surface area (Å²) < 4.78 is 31.3. The molecule has 1 unspecified atom stereocenters. The molecule has 0 fully saturated rings. The van der Waals surface area contributed by atoms with Gasteiger partial charge in [0, 0.05) is 19.4 Å². The van der Waals surface area contributed by atoms with Crippen LogP contribution in [0, 0.1) is 0 Å². The minimum Gasteiger partial charge on any atom is -0.462 e. The van der Waals surface area contributed by atoms with Gasteiger partial charge < -0.3 is 20.1 Å². The summed E-state index contributed by atoms with van der Waals surface area (Å²) in [6.45, 7) is 3.15. The SMILES string of the molecule is CCCCCCCC(=O)OC[C@H](COP(=O)(O)OCCN)OC(=O)CCC. The largest absolute Gasteiger partial charge is 0.472 e. The Labute approximate surface area is 161 Å². The van der Waals surface area contributed by atoms with E-state index in [1.807, 2.05) is 6.92 Å². The molecule has 0 rings (SSSR count). The lowest BCUT2D eigenvalue weighted by molar-refractivity contribution is -0.161. The second kappa shape index (κ2) is 16.0. The summed E-state index contributed by atoms with van der Waals surface area (Å²) in [7, 11) is -4.31. The number of carbonyl (C=O) groups excluding carboxylic acids is 2. The Morgan fingerprint density at radius 1 is 0.963 bits per heavy atom. The first-order chi connectivity index (χ1) is 12.8. The molecular formula is C17H34NO8P. The maximum Gasteiger partial charge on any atom is 0.472 e. The molecule has 0 aromatic carbocycles. The maximum absolute atomic E-state index is 11.8. The molecule has 10 heteroatoms. The monoisotopic (exact) mass is 411 g/mol. The Kier molecular flexibility index (Phi) is 15.4. The highest BCUT2D eigenvalue weighted by Crippen LogP contribution is 2.43. The molecule has 160 valence electrons. The Balaban J connectivity index is 4.39. The second-order valence-corrected chi connectivity index (χ2v) is 7.55. The average Bonchev–Trinajstić information content (AvgIpc) is 2.62. The molecule has 3 N–H and O–H groups in total. The van der Waals surface area contributed by atoms with Crippen molar-refractivity contribution in [2.45, 2.75) is 71.3 Å². The zero-order valence-corrected chi connectivity index (χ0v) is 17.3. The topological polar surface area (TPSA) is 134 Å². The predicted octanol–water partition coefficient (Wildman–Crippen LogP) is 2.69. The van der Waals surface area contributed by atoms with Crippen LogP contribution < -0.4 is 5.73 Å². The molecule has 2 atom stereocenters. The van der Waals surface area contributed by atoms with Crippen LogP contribution in [-0.2, 0) is 32.7 Å². The number of phosphoric acid groups is 1. The van der Waals surface area contributed by atoms with Crippen LogP contribution in [0.15, 0.2) is 0 Å². The normalized spacial score (nSPS) is 14.4. The summed E-state index contributed by atoms with van der Waals surface area (Å²) in [6.07, 6.45) is 5.07. The van der Waals surface area contributed by atoms with Gasteiger partial charge in [0.15, 0.2) is 6.10 Å². The summed E-state index contributed by atoms with van der Waals surface area (Å²) >= 11 is 0. The molecule has 0 spiro atoms. The minimum atomic E-state index is -4.31. The lowest BCUT2D eigenvalue weighted by Gasteiger charge is -2.19. The van der Waals surface area contributed by atoms with Crippen LogP contribution in [0.1, 0.15) is 65.2 Å². The van der Waals surface area contributed by atoms with Crippen LogP contribution >= 0.6 is 7.82 Å². The standard InChI is InChI=1S/C17H34NO8P/c1-3-5-6-7-8-10-16(19)23-13-15(26-17(20)9-4-2)14-25-27(21,22)24-12-11-18/h15H,3-14,18H2,1-2H3,(H,21,22)/t15-/m1/s1. The highest BCUT2D eigenvalue weighted by atomic mass is 31.2. The fraction of sp³-hybridized carbons (Fsp3) is 0.882. The van der Waals surface area contributed by atoms with Gasteiger partial charge in [-0.1, -0.05) is 39.5 Å². The van der Waals surface area contributed by atoms with Crippen LogP contribution in [0.5, 0.6) is 0 Å². The summed E-state index contributed by atoms with van der Waals surface area (Å²) in [5.74, 6) is -0.910. The van der Waals surface area contributed by atoms with Crippen molar-refractivity contribution in [3.63, 3.8) is 0 Å². The van der Waals surface area contributed by atoms with Gasteiger partial charge in [0.25, 0.3) is 0 Å². The van der Waals surface area contributed by atoms with Gasteiger partial charge in [-0.25, -0.2) is 4.57 Å². The van der Waals surface area contributed by atoms with E-state index < -0.39 is 32.5 Å². The molecule has 0 radical (unpaired) electrons. The molecule has 0 aliphatic heterocycles. The third-order valence-electron chi connectivity index (χ3n) is 3.46. The Bertz CT molecular complexity index is 460. The fourth-order valence-corrected chi connectivity index (χ4v) is 2.84. The molecule has 0 saturated carbocycles. The fourth-order valence-electron chi connectivity index (χ4n) is 2.08. The van der Waals surface area contributed by atoms with E-state index in [4.69, 9.17) is 19.7 Å². The lowest BCUT2D eigenvalue weighted by Crippen LogP contribution is -2.29. The lowest BCUT2D eigenvalue weighted by atomic mass is 10.1. The van der Waals surface area contributed by atoms with E-state index in [0.717, 1.165) is 32.1 Å². The molecule has 0 saturated heterocycles. The number of rotatable bonds is 17. The molecular weight excluding hydrogens is 377 g/mol. The Morgan fingerprint density at radius 3 is 2.30 bits per heavy atom. The number of nitrogens with two attached hydrogens (primary N) is 1. The first kappa shape index (κ1) is 26.0. The van der Waals surface area contributed by atoms with Gasteiger partial charge in [0.1, 0.15) is 6.61 Å². The average molecular weight is 411 g/mol. The number of hydrogen-bond acceptors (Lipinski definition) is 8. The first-order valence-corrected chi connectivity index (χ1v) is 11.0. The molecule has 0 aliphatic rings. The number of hydrogen-bond donors (Lipinski definition) is 2. The van der Waals surface area contributed by atoms with Gasteiger partial charge in [-0.05, 0) is 12.8 Å². The van der Waals surface area contributed by atoms with Crippen molar-refractivity contribution >= 4 is 19.8 Å². The van der Waals surface area contributed by atoms with Crippen LogP contribution in [0.4, 0.5) is 0 Å². The van der Waals surface area contributed by atoms with E-state index >= 15 is 0 Å². The highest BCUT2D eigenvalue weighted by molar-refractivity contribution is 7.47. The quantitative estimate of drug-likeness (QED) is 0.210. The van der Waals surface area contributed by atoms with Crippen molar-refractivity contribution in [3.8, 4) is 0 Å². The summed E-state index contributed by atoms with van der Waals surface area (Å²) in [5.41, 5.74) is 5.20. The van der Waals surface area contributed by atoms with Crippen LogP contribution in [-0.4, -0.2) is 49.3 Å². The highest BCUT2D eigenvalue weighted by Gasteiger charge is 2.25. The van der Waals surface area contributed by atoms with E-state index in [2.05, 4.69) is 11.4 Å². The number of ether oxygens (including phenoxy) is 2. The molecule has 0 bridgehead atoms. The van der Waals surface area contributed by atoms with Crippen LogP contribution in [0.25, 0.3) is 0 Å². The van der Waals surface area contributed by atoms with Crippen molar-refractivity contribution in [1.82, 2.24) is 0 Å². The van der Waals surface area contributed by atoms with Crippen LogP contribution in [0.3, 0.4) is 0 Å². The number of carbonyl (C=O) groups is 2. The van der Waals surface area contributed by atoms with E-state index in [9.17, 15) is 19.0 Å². The van der Waals surface area contributed by atoms with Gasteiger partial charge >= 0.3 is 19.8 Å². The van der Waals surface area contributed by atoms with Gasteiger partial charge in [-0.15, -0.1) is 0 Å². The first-order valence-electron chi connectivity index (χ1n) is 9.51. The van der Waals surface area contributed by atoms with Crippen molar-refractivity contribution in [2.75, 3.05) is 26.4 Å². The number of esters is 2. The van der Waals surface area contributed by atoms with Gasteiger partial charge in [0.2, 0.25) is 0 Å². The molecule has 9 nitrogen and oxygen atoms in total. The second-order valence-electron chi connectivity index (χ2n) is 6.10. The van der Waals surface area contributed by atoms with E-state index in [1.165, 1.54) is 0 Å². The van der Waals surface area contributed by atoms with Gasteiger partial charge in [-0.2, -0.15) is 0 Å². The van der Waals surface area contributed by atoms with Gasteiger partial charge in [0.05, 0.1) is 13.2 Å². The van der Waals surface area contributed by atoms with Gasteiger partial charge in [-0.3, -0.25) is 18.6 Å². The summed E-state index contributed by atoms with van der Waals surface area (Å²) in [4.78, 5) is 33.0. The Morgan fingerprint density at radius 2 is 1.67 bits per heavy atom. The molecule has 0 aliphatic carbocycles. The maximum atomic E-state index is 11.8. The third-order valence-corrected chi connectivity index (χ3v) is 4.45. The molecule has 0 aromatic heterocycles. The molecule has 0 heterocycles. The summed E-state index contributed by atoms with van der Waals surface area (Å²) in [6, 6.07) is 0. The number of unbranched alkanes of at least 4 members (excludes halogenated alkanes) is 4.